The fourth-order valence-corrected chi connectivity index (χ4v) is 5.47. The molecule has 0 radical (unpaired) electrons. The molecule has 0 aliphatic carbocycles. The summed E-state index contributed by atoms with van der Waals surface area (Å²) in [7, 11) is -3.13. The highest BCUT2D eigenvalue weighted by Crippen LogP contribution is 2.26. The van der Waals surface area contributed by atoms with E-state index in [2.05, 4.69) is 61.5 Å². The van der Waals surface area contributed by atoms with E-state index in [9.17, 15) is 0 Å². The molecule has 0 saturated heterocycles. The van der Waals surface area contributed by atoms with Gasteiger partial charge in [-0.3, -0.25) is 4.57 Å². The van der Waals surface area contributed by atoms with E-state index in [-0.39, 0.29) is 0 Å². The second kappa shape index (κ2) is 21.2. The molecule has 0 aromatic heterocycles. The summed E-state index contributed by atoms with van der Waals surface area (Å²) in [6, 6.07) is 20.3. The lowest BCUT2D eigenvalue weighted by Crippen LogP contribution is -1.89. The summed E-state index contributed by atoms with van der Waals surface area (Å²) in [6.07, 6.45) is 27.1. The van der Waals surface area contributed by atoms with Crippen LogP contribution in [0.3, 0.4) is 0 Å². The zero-order chi connectivity index (χ0) is 27.3. The molecular formula is C34H53O3P. The molecule has 0 bridgehead atoms. The third-order valence-corrected chi connectivity index (χ3v) is 7.64. The van der Waals surface area contributed by atoms with E-state index in [1.807, 2.05) is 0 Å². The van der Waals surface area contributed by atoms with Gasteiger partial charge in [0.1, 0.15) is 0 Å². The molecule has 3 aromatic rings. The van der Waals surface area contributed by atoms with Gasteiger partial charge in [-0.15, -0.1) is 0 Å². The van der Waals surface area contributed by atoms with Gasteiger partial charge >= 0.3 is 8.25 Å². The van der Waals surface area contributed by atoms with Gasteiger partial charge < -0.3 is 9.79 Å². The number of aryl methyl sites for hydroxylation is 1. The lowest BCUT2D eigenvalue weighted by Gasteiger charge is -2.09. The Morgan fingerprint density at radius 3 is 1.39 bits per heavy atom. The fraction of sp³-hybridized carbons (Fsp3) is 0.588. The highest BCUT2D eigenvalue weighted by atomic mass is 31.1. The Balaban J connectivity index is 0.00000118. The molecule has 212 valence electrons. The molecular weight excluding hydrogens is 487 g/mol. The Labute approximate surface area is 233 Å². The van der Waals surface area contributed by atoms with E-state index in [1.54, 1.807) is 0 Å². The second-order valence-electron chi connectivity index (χ2n) is 10.9. The highest BCUT2D eigenvalue weighted by Gasteiger charge is 2.03. The average molecular weight is 541 g/mol. The minimum absolute atomic E-state index is 1.22. The van der Waals surface area contributed by atoms with Crippen LogP contribution in [-0.4, -0.2) is 9.79 Å². The number of benzene rings is 3. The maximum Gasteiger partial charge on any atom is 0.314 e. The van der Waals surface area contributed by atoms with Gasteiger partial charge in [0.25, 0.3) is 0 Å². The predicted octanol–water partition coefficient (Wildman–Crippen LogP) is 10.9. The largest absolute Gasteiger partial charge is 0.326 e. The Hall–Kier alpha value is -1.67. The summed E-state index contributed by atoms with van der Waals surface area (Å²) < 4.78 is 8.74. The Morgan fingerprint density at radius 2 is 0.921 bits per heavy atom. The van der Waals surface area contributed by atoms with Gasteiger partial charge in [-0.2, -0.15) is 0 Å². The van der Waals surface area contributed by atoms with Crippen molar-refractivity contribution in [1.29, 1.82) is 0 Å². The first kappa shape index (κ1) is 32.5. The van der Waals surface area contributed by atoms with Crippen LogP contribution >= 0.6 is 8.25 Å². The summed E-state index contributed by atoms with van der Waals surface area (Å²) in [6.45, 7) is 2.30. The van der Waals surface area contributed by atoms with Crippen molar-refractivity contribution in [2.24, 2.45) is 0 Å². The van der Waals surface area contributed by atoms with Crippen molar-refractivity contribution in [1.82, 2.24) is 0 Å². The van der Waals surface area contributed by atoms with Crippen LogP contribution in [0.5, 0.6) is 0 Å². The molecule has 3 nitrogen and oxygen atoms in total. The van der Waals surface area contributed by atoms with Gasteiger partial charge in [-0.25, -0.2) is 0 Å². The van der Waals surface area contributed by atoms with E-state index in [1.165, 1.54) is 149 Å². The predicted molar refractivity (Wildman–Crippen MR) is 167 cm³/mol. The fourth-order valence-electron chi connectivity index (χ4n) is 5.47. The summed E-state index contributed by atoms with van der Waals surface area (Å²) >= 11 is 0. The van der Waals surface area contributed by atoms with E-state index >= 15 is 0 Å². The Morgan fingerprint density at radius 1 is 0.526 bits per heavy atom. The van der Waals surface area contributed by atoms with E-state index in [4.69, 9.17) is 14.4 Å². The lowest BCUT2D eigenvalue weighted by molar-refractivity contribution is 0.405. The van der Waals surface area contributed by atoms with Crippen LogP contribution < -0.4 is 0 Å². The van der Waals surface area contributed by atoms with Crippen LogP contribution in [-0.2, 0) is 11.0 Å². The average Bonchev–Trinajstić information content (AvgIpc) is 2.91. The molecule has 0 amide bonds. The normalized spacial score (nSPS) is 11.3. The van der Waals surface area contributed by atoms with Gasteiger partial charge in [0.05, 0.1) is 0 Å². The molecule has 2 N–H and O–H groups in total. The first-order chi connectivity index (χ1) is 18.6. The SMILES string of the molecule is CCCCCCCCCCCCCCCCCCCCc1cccc2cc3ccccc3cc12.O=[PH](O)O. The highest BCUT2D eigenvalue weighted by molar-refractivity contribution is 7.30. The maximum atomic E-state index is 8.74. The molecule has 0 unspecified atom stereocenters. The molecule has 0 fully saturated rings. The van der Waals surface area contributed by atoms with Gasteiger partial charge in [0.15, 0.2) is 0 Å². The second-order valence-corrected chi connectivity index (χ2v) is 11.4. The van der Waals surface area contributed by atoms with Crippen molar-refractivity contribution in [2.75, 3.05) is 0 Å². The molecule has 0 spiro atoms. The summed E-state index contributed by atoms with van der Waals surface area (Å²) in [5.41, 5.74) is 1.53. The number of rotatable bonds is 19. The van der Waals surface area contributed by atoms with Crippen LogP contribution in [0.15, 0.2) is 54.6 Å². The van der Waals surface area contributed by atoms with Crippen LogP contribution in [0, 0.1) is 0 Å². The topological polar surface area (TPSA) is 57.5 Å². The van der Waals surface area contributed by atoms with Gasteiger partial charge in [-0.05, 0) is 52.1 Å². The third-order valence-electron chi connectivity index (χ3n) is 7.64. The molecule has 3 rings (SSSR count). The van der Waals surface area contributed by atoms with Crippen molar-refractivity contribution in [2.45, 2.75) is 129 Å². The first-order valence-corrected chi connectivity index (χ1v) is 16.7. The van der Waals surface area contributed by atoms with Crippen molar-refractivity contribution >= 4 is 29.8 Å². The van der Waals surface area contributed by atoms with Crippen LogP contribution in [0.25, 0.3) is 21.5 Å². The van der Waals surface area contributed by atoms with Crippen LogP contribution in [0.2, 0.25) is 0 Å². The minimum Gasteiger partial charge on any atom is -0.326 e. The quantitative estimate of drug-likeness (QED) is 0.0903. The summed E-state index contributed by atoms with van der Waals surface area (Å²) in [5, 5.41) is 5.55. The van der Waals surface area contributed by atoms with Crippen molar-refractivity contribution in [3.05, 3.63) is 60.2 Å². The van der Waals surface area contributed by atoms with Gasteiger partial charge in [0, 0.05) is 0 Å². The molecule has 0 aliphatic heterocycles. The van der Waals surface area contributed by atoms with Crippen LogP contribution in [0.4, 0.5) is 0 Å². The number of hydrogen-bond donors (Lipinski definition) is 2. The maximum absolute atomic E-state index is 8.74. The molecule has 0 aliphatic rings. The van der Waals surface area contributed by atoms with Gasteiger partial charge in [0.2, 0.25) is 0 Å². The van der Waals surface area contributed by atoms with E-state index in [0.717, 1.165) is 0 Å². The summed E-state index contributed by atoms with van der Waals surface area (Å²) in [4.78, 5) is 14.3. The first-order valence-electron chi connectivity index (χ1n) is 15.4. The summed E-state index contributed by atoms with van der Waals surface area (Å²) in [5.74, 6) is 0. The lowest BCUT2D eigenvalue weighted by atomic mass is 9.96. The Bertz CT molecular complexity index is 1030. The third kappa shape index (κ3) is 14.5. The van der Waals surface area contributed by atoms with E-state index < -0.39 is 8.25 Å². The van der Waals surface area contributed by atoms with Crippen molar-refractivity contribution in [3.8, 4) is 0 Å². The number of hydrogen-bond acceptors (Lipinski definition) is 1. The smallest absolute Gasteiger partial charge is 0.314 e. The monoisotopic (exact) mass is 540 g/mol. The van der Waals surface area contributed by atoms with Crippen molar-refractivity contribution < 1.29 is 14.4 Å². The molecule has 0 saturated carbocycles. The molecule has 0 heterocycles. The molecule has 4 heteroatoms. The molecule has 38 heavy (non-hydrogen) atoms. The zero-order valence-corrected chi connectivity index (χ0v) is 24.9. The standard InChI is InChI=1S/C34H50.H3O3P/c1-2-3-4-5-6-7-8-9-10-11-12-13-14-15-16-17-18-19-23-30-26-22-27-33-28-31-24-20-21-25-32(31)29-34(30)33;1-4(2)3/h20-22,24-29H,2-19,23H2,1H3;4H,(H2,1,2,3). The molecule has 0 atom stereocenters. The number of fused-ring (bicyclic) bond motifs is 2. The van der Waals surface area contributed by atoms with E-state index in [0.29, 0.717) is 0 Å². The number of unbranched alkanes of at least 4 members (excludes halogenated alkanes) is 17. The molecule has 3 aromatic carbocycles. The van der Waals surface area contributed by atoms with Crippen LogP contribution in [0.1, 0.15) is 128 Å². The zero-order valence-electron chi connectivity index (χ0n) is 23.9. The minimum atomic E-state index is -3.13. The van der Waals surface area contributed by atoms with Crippen molar-refractivity contribution in [3.63, 3.8) is 0 Å². The Kier molecular flexibility index (Phi) is 18.1. The van der Waals surface area contributed by atoms with Gasteiger partial charge in [-0.1, -0.05) is 159 Å².